The first kappa shape index (κ1) is 16.6. The van der Waals surface area contributed by atoms with Crippen LogP contribution in [0.5, 0.6) is 5.75 Å². The second-order valence-electron chi connectivity index (χ2n) is 6.45. The van der Waals surface area contributed by atoms with E-state index >= 15 is 0 Å². The molecule has 2 fully saturated rings. The van der Waals surface area contributed by atoms with Gasteiger partial charge in [0.2, 0.25) is 0 Å². The van der Waals surface area contributed by atoms with E-state index in [-0.39, 0.29) is 6.04 Å². The van der Waals surface area contributed by atoms with Crippen molar-refractivity contribution in [1.82, 2.24) is 10.2 Å². The molecule has 0 radical (unpaired) electrons. The Bertz CT molecular complexity index is 496. The second kappa shape index (κ2) is 7.52. The lowest BCUT2D eigenvalue weighted by Gasteiger charge is -2.41. The minimum atomic E-state index is 0.275. The van der Waals surface area contributed by atoms with Crippen molar-refractivity contribution in [2.45, 2.75) is 38.1 Å². The van der Waals surface area contributed by atoms with Gasteiger partial charge in [-0.05, 0) is 46.8 Å². The van der Waals surface area contributed by atoms with Crippen LogP contribution < -0.4 is 5.32 Å². The van der Waals surface area contributed by atoms with Crippen LogP contribution in [0.2, 0.25) is 5.02 Å². The molecule has 3 rings (SSSR count). The van der Waals surface area contributed by atoms with Crippen LogP contribution in [-0.4, -0.2) is 36.2 Å². The summed E-state index contributed by atoms with van der Waals surface area (Å²) in [6.45, 7) is 4.10. The predicted molar refractivity (Wildman–Crippen MR) is 94.6 cm³/mol. The highest BCUT2D eigenvalue weighted by molar-refractivity contribution is 9.10. The van der Waals surface area contributed by atoms with Gasteiger partial charge in [-0.1, -0.05) is 30.9 Å². The number of nitrogens with zero attached hydrogens (tertiary/aromatic N) is 1. The number of halogens is 2. The summed E-state index contributed by atoms with van der Waals surface area (Å²) in [4.78, 5) is 2.53. The molecular weight excluding hydrogens is 364 g/mol. The summed E-state index contributed by atoms with van der Waals surface area (Å²) in [7, 11) is 0. The Morgan fingerprint density at radius 2 is 1.86 bits per heavy atom. The molecule has 1 saturated heterocycles. The van der Waals surface area contributed by atoms with E-state index in [1.807, 2.05) is 6.07 Å². The number of phenolic OH excluding ortho intramolecular Hbond substituents is 1. The number of nitrogens with one attached hydrogen (secondary N) is 1. The van der Waals surface area contributed by atoms with Crippen molar-refractivity contribution in [3.05, 3.63) is 27.2 Å². The van der Waals surface area contributed by atoms with Gasteiger partial charge in [-0.15, -0.1) is 0 Å². The summed E-state index contributed by atoms with van der Waals surface area (Å²) in [5, 5.41) is 14.7. The molecule has 2 aliphatic rings. The standard InChI is InChI=1S/C17H24BrClN2O/c18-15-11-13(19)10-14(17(15)22)16(12-4-2-1-3-5-12)21-8-6-20-7-9-21/h10-12,16,20,22H,1-9H2/t16-/m0/s1. The van der Waals surface area contributed by atoms with E-state index in [0.717, 1.165) is 31.7 Å². The van der Waals surface area contributed by atoms with Crippen molar-refractivity contribution >= 4 is 27.5 Å². The smallest absolute Gasteiger partial charge is 0.134 e. The van der Waals surface area contributed by atoms with E-state index in [2.05, 4.69) is 26.1 Å². The molecule has 1 atom stereocenters. The van der Waals surface area contributed by atoms with Crippen molar-refractivity contribution in [1.29, 1.82) is 0 Å². The average Bonchev–Trinajstić information content (AvgIpc) is 2.54. The molecule has 1 aromatic carbocycles. The summed E-state index contributed by atoms with van der Waals surface area (Å²) in [6, 6.07) is 4.01. The van der Waals surface area contributed by atoms with Gasteiger partial charge in [0.05, 0.1) is 4.47 Å². The van der Waals surface area contributed by atoms with Crippen molar-refractivity contribution in [3.8, 4) is 5.75 Å². The third kappa shape index (κ3) is 3.61. The number of rotatable bonds is 3. The van der Waals surface area contributed by atoms with Crippen LogP contribution in [0.3, 0.4) is 0 Å². The van der Waals surface area contributed by atoms with E-state index in [9.17, 15) is 5.11 Å². The highest BCUT2D eigenvalue weighted by atomic mass is 79.9. The Morgan fingerprint density at radius 1 is 1.18 bits per heavy atom. The van der Waals surface area contributed by atoms with E-state index < -0.39 is 0 Å². The predicted octanol–water partition coefficient (Wildman–Crippen LogP) is 4.33. The fraction of sp³-hybridized carbons (Fsp3) is 0.647. The molecule has 1 saturated carbocycles. The lowest BCUT2D eigenvalue weighted by Crippen LogP contribution is -2.47. The zero-order valence-corrected chi connectivity index (χ0v) is 15.2. The van der Waals surface area contributed by atoms with Gasteiger partial charge in [0.1, 0.15) is 5.75 Å². The van der Waals surface area contributed by atoms with Crippen LogP contribution in [-0.2, 0) is 0 Å². The molecule has 0 spiro atoms. The zero-order valence-electron chi connectivity index (χ0n) is 12.8. The number of piperazine rings is 1. The Morgan fingerprint density at radius 3 is 2.55 bits per heavy atom. The zero-order chi connectivity index (χ0) is 15.5. The Balaban J connectivity index is 1.96. The molecule has 0 bridgehead atoms. The molecular formula is C17H24BrClN2O. The maximum absolute atomic E-state index is 10.6. The maximum Gasteiger partial charge on any atom is 0.134 e. The van der Waals surface area contributed by atoms with Gasteiger partial charge >= 0.3 is 0 Å². The van der Waals surface area contributed by atoms with Gasteiger partial charge in [0, 0.05) is 42.8 Å². The molecule has 0 aromatic heterocycles. The first-order valence-corrected chi connectivity index (χ1v) is 9.46. The van der Waals surface area contributed by atoms with E-state index in [0.29, 0.717) is 21.2 Å². The van der Waals surface area contributed by atoms with E-state index in [4.69, 9.17) is 11.6 Å². The molecule has 0 amide bonds. The number of hydrogen-bond acceptors (Lipinski definition) is 3. The molecule has 0 unspecified atom stereocenters. The SMILES string of the molecule is Oc1c(Br)cc(Cl)cc1[C@H](C1CCCCC1)N1CCNCC1. The van der Waals surface area contributed by atoms with Crippen LogP contribution in [0.1, 0.15) is 43.7 Å². The maximum atomic E-state index is 10.6. The van der Waals surface area contributed by atoms with Gasteiger partial charge in [-0.3, -0.25) is 4.90 Å². The fourth-order valence-electron chi connectivity index (χ4n) is 3.97. The minimum Gasteiger partial charge on any atom is -0.506 e. The molecule has 5 heteroatoms. The first-order valence-electron chi connectivity index (χ1n) is 8.29. The van der Waals surface area contributed by atoms with Crippen LogP contribution in [0.25, 0.3) is 0 Å². The van der Waals surface area contributed by atoms with E-state index in [1.165, 1.54) is 32.1 Å². The van der Waals surface area contributed by atoms with Crippen LogP contribution in [0.4, 0.5) is 0 Å². The highest BCUT2D eigenvalue weighted by Crippen LogP contribution is 2.44. The van der Waals surface area contributed by atoms with Crippen molar-refractivity contribution in [2.75, 3.05) is 26.2 Å². The summed E-state index contributed by atoms with van der Waals surface area (Å²) >= 11 is 9.72. The molecule has 1 aliphatic heterocycles. The third-order valence-electron chi connectivity index (χ3n) is 5.02. The monoisotopic (exact) mass is 386 g/mol. The number of phenols is 1. The van der Waals surface area contributed by atoms with Crippen LogP contribution in [0.15, 0.2) is 16.6 Å². The minimum absolute atomic E-state index is 0.275. The fourth-order valence-corrected chi connectivity index (χ4v) is 4.80. The molecule has 122 valence electrons. The van der Waals surface area contributed by atoms with Gasteiger partial charge in [0.15, 0.2) is 0 Å². The van der Waals surface area contributed by atoms with Crippen LogP contribution in [0, 0.1) is 5.92 Å². The van der Waals surface area contributed by atoms with Crippen molar-refractivity contribution < 1.29 is 5.11 Å². The second-order valence-corrected chi connectivity index (χ2v) is 7.75. The lowest BCUT2D eigenvalue weighted by molar-refractivity contribution is 0.101. The third-order valence-corrected chi connectivity index (χ3v) is 5.84. The Hall–Kier alpha value is -0.290. The summed E-state index contributed by atoms with van der Waals surface area (Å²) in [5.41, 5.74) is 0.994. The Labute approximate surface area is 146 Å². The number of aromatic hydroxyl groups is 1. The number of benzene rings is 1. The largest absolute Gasteiger partial charge is 0.506 e. The highest BCUT2D eigenvalue weighted by Gasteiger charge is 2.33. The molecule has 1 aromatic rings. The average molecular weight is 388 g/mol. The molecule has 22 heavy (non-hydrogen) atoms. The first-order chi connectivity index (χ1) is 10.7. The quantitative estimate of drug-likeness (QED) is 0.810. The van der Waals surface area contributed by atoms with Crippen LogP contribution >= 0.6 is 27.5 Å². The topological polar surface area (TPSA) is 35.5 Å². The molecule has 2 N–H and O–H groups in total. The van der Waals surface area contributed by atoms with Gasteiger partial charge < -0.3 is 10.4 Å². The molecule has 3 nitrogen and oxygen atoms in total. The van der Waals surface area contributed by atoms with E-state index in [1.54, 1.807) is 6.07 Å². The summed E-state index contributed by atoms with van der Waals surface area (Å²) < 4.78 is 0.700. The van der Waals surface area contributed by atoms with Crippen molar-refractivity contribution in [3.63, 3.8) is 0 Å². The lowest BCUT2D eigenvalue weighted by atomic mass is 9.80. The summed E-state index contributed by atoms with van der Waals surface area (Å²) in [5.74, 6) is 0.974. The normalized spacial score (nSPS) is 22.6. The van der Waals surface area contributed by atoms with Gasteiger partial charge in [-0.25, -0.2) is 0 Å². The van der Waals surface area contributed by atoms with Gasteiger partial charge in [-0.2, -0.15) is 0 Å². The number of hydrogen-bond donors (Lipinski definition) is 2. The molecule has 1 aliphatic carbocycles. The van der Waals surface area contributed by atoms with Gasteiger partial charge in [0.25, 0.3) is 0 Å². The van der Waals surface area contributed by atoms with Crippen molar-refractivity contribution in [2.24, 2.45) is 5.92 Å². The molecule has 1 heterocycles. The summed E-state index contributed by atoms with van der Waals surface area (Å²) in [6.07, 6.45) is 6.44. The Kier molecular flexibility index (Phi) is 5.66.